The molecular formula is C25H30N4O. The van der Waals surface area contributed by atoms with Gasteiger partial charge in [-0.3, -0.25) is 9.69 Å². The van der Waals surface area contributed by atoms with Crippen LogP contribution in [0, 0.1) is 0 Å². The predicted octanol–water partition coefficient (Wildman–Crippen LogP) is 3.75. The number of nitrogens with zero attached hydrogens (tertiary/aromatic N) is 3. The van der Waals surface area contributed by atoms with Gasteiger partial charge in [0.2, 0.25) is 5.91 Å². The van der Waals surface area contributed by atoms with E-state index in [2.05, 4.69) is 63.1 Å². The van der Waals surface area contributed by atoms with E-state index in [1.807, 2.05) is 30.5 Å². The number of amides is 1. The lowest BCUT2D eigenvalue weighted by molar-refractivity contribution is -0.129. The summed E-state index contributed by atoms with van der Waals surface area (Å²) >= 11 is 0. The maximum atomic E-state index is 13.5. The number of carbonyl (C=O) groups is 1. The Morgan fingerprint density at radius 1 is 1.03 bits per heavy atom. The number of rotatable bonds is 7. The Bertz CT molecular complexity index is 944. The van der Waals surface area contributed by atoms with Crippen LogP contribution in [0.1, 0.15) is 36.7 Å². The maximum Gasteiger partial charge on any atom is 0.231 e. The zero-order chi connectivity index (χ0) is 20.8. The van der Waals surface area contributed by atoms with E-state index < -0.39 is 5.41 Å². The van der Waals surface area contributed by atoms with Gasteiger partial charge in [-0.05, 0) is 44.0 Å². The van der Waals surface area contributed by atoms with E-state index in [0.29, 0.717) is 6.54 Å². The first-order valence-corrected chi connectivity index (χ1v) is 10.8. The van der Waals surface area contributed by atoms with E-state index in [9.17, 15) is 4.79 Å². The standard InChI is InChI=1S/C25H30N4O/c1-2-29-18-15-26-23(29)19-27-24(30)25(22-11-7-4-8-12-22)13-16-28(17-14-25)20-21-9-5-3-6-10-21/h3-12,15,18H,2,13-14,16-17,19-20H2,1H3,(H,27,30). The molecule has 0 unspecified atom stereocenters. The second kappa shape index (κ2) is 9.26. The Morgan fingerprint density at radius 3 is 2.37 bits per heavy atom. The molecular weight excluding hydrogens is 372 g/mol. The minimum atomic E-state index is -0.488. The molecule has 0 aliphatic carbocycles. The number of hydrogen-bond acceptors (Lipinski definition) is 3. The van der Waals surface area contributed by atoms with Crippen molar-refractivity contribution in [3.63, 3.8) is 0 Å². The smallest absolute Gasteiger partial charge is 0.231 e. The van der Waals surface area contributed by atoms with Crippen molar-refractivity contribution in [2.24, 2.45) is 0 Å². The van der Waals surface area contributed by atoms with Crippen molar-refractivity contribution < 1.29 is 4.79 Å². The van der Waals surface area contributed by atoms with E-state index in [0.717, 1.165) is 50.4 Å². The molecule has 1 aromatic heterocycles. The molecule has 156 valence electrons. The fraction of sp³-hybridized carbons (Fsp3) is 0.360. The summed E-state index contributed by atoms with van der Waals surface area (Å²) in [5.41, 5.74) is 1.94. The molecule has 0 spiro atoms. The SMILES string of the molecule is CCn1ccnc1CNC(=O)C1(c2ccccc2)CCN(Cc2ccccc2)CC1. The Balaban J connectivity index is 1.48. The van der Waals surface area contributed by atoms with Crippen LogP contribution in [0.3, 0.4) is 0 Å². The van der Waals surface area contributed by atoms with Gasteiger partial charge in [0.1, 0.15) is 5.82 Å². The molecule has 0 bridgehead atoms. The third-order valence-corrected chi connectivity index (χ3v) is 6.27. The van der Waals surface area contributed by atoms with Crippen LogP contribution in [-0.4, -0.2) is 33.4 Å². The van der Waals surface area contributed by atoms with Crippen molar-refractivity contribution in [2.75, 3.05) is 13.1 Å². The predicted molar refractivity (Wildman–Crippen MR) is 119 cm³/mol. The number of piperidine rings is 1. The second-order valence-corrected chi connectivity index (χ2v) is 8.02. The average molecular weight is 403 g/mol. The monoisotopic (exact) mass is 402 g/mol. The summed E-state index contributed by atoms with van der Waals surface area (Å²) in [5.74, 6) is 1.01. The van der Waals surface area contributed by atoms with E-state index in [-0.39, 0.29) is 5.91 Å². The van der Waals surface area contributed by atoms with E-state index >= 15 is 0 Å². The van der Waals surface area contributed by atoms with Gasteiger partial charge in [0.05, 0.1) is 12.0 Å². The highest BCUT2D eigenvalue weighted by atomic mass is 16.2. The summed E-state index contributed by atoms with van der Waals surface area (Å²) in [6.45, 7) is 6.13. The zero-order valence-electron chi connectivity index (χ0n) is 17.6. The lowest BCUT2D eigenvalue weighted by atomic mass is 9.72. The minimum Gasteiger partial charge on any atom is -0.348 e. The zero-order valence-corrected chi connectivity index (χ0v) is 17.6. The number of aryl methyl sites for hydroxylation is 1. The number of aromatic nitrogens is 2. The molecule has 2 heterocycles. The van der Waals surface area contributed by atoms with Crippen molar-refractivity contribution in [3.05, 3.63) is 90.0 Å². The molecule has 1 aliphatic heterocycles. The lowest BCUT2D eigenvalue weighted by Gasteiger charge is -2.41. The molecule has 3 aromatic rings. The summed E-state index contributed by atoms with van der Waals surface area (Å²) in [6.07, 6.45) is 5.38. The number of hydrogen-bond donors (Lipinski definition) is 1. The molecule has 2 aromatic carbocycles. The topological polar surface area (TPSA) is 50.2 Å². The maximum absolute atomic E-state index is 13.5. The van der Waals surface area contributed by atoms with Crippen LogP contribution in [0.2, 0.25) is 0 Å². The van der Waals surface area contributed by atoms with Gasteiger partial charge in [0.15, 0.2) is 0 Å². The van der Waals surface area contributed by atoms with Gasteiger partial charge < -0.3 is 9.88 Å². The van der Waals surface area contributed by atoms with Crippen LogP contribution in [-0.2, 0) is 29.8 Å². The van der Waals surface area contributed by atoms with E-state index in [1.165, 1.54) is 5.56 Å². The summed E-state index contributed by atoms with van der Waals surface area (Å²) in [7, 11) is 0. The molecule has 5 nitrogen and oxygen atoms in total. The number of carbonyl (C=O) groups excluding carboxylic acids is 1. The fourth-order valence-corrected chi connectivity index (χ4v) is 4.46. The summed E-state index contributed by atoms with van der Waals surface area (Å²) in [5, 5.41) is 3.19. The van der Waals surface area contributed by atoms with Gasteiger partial charge in [-0.2, -0.15) is 0 Å². The highest BCUT2D eigenvalue weighted by molar-refractivity contribution is 5.88. The molecule has 4 rings (SSSR count). The van der Waals surface area contributed by atoms with Crippen molar-refractivity contribution in [1.29, 1.82) is 0 Å². The van der Waals surface area contributed by atoms with Crippen molar-refractivity contribution in [1.82, 2.24) is 19.8 Å². The van der Waals surface area contributed by atoms with E-state index in [4.69, 9.17) is 0 Å². The molecule has 1 aliphatic rings. The number of benzene rings is 2. The normalized spacial score (nSPS) is 16.3. The van der Waals surface area contributed by atoms with Crippen LogP contribution in [0.4, 0.5) is 0 Å². The fourth-order valence-electron chi connectivity index (χ4n) is 4.46. The van der Waals surface area contributed by atoms with Crippen LogP contribution >= 0.6 is 0 Å². The highest BCUT2D eigenvalue weighted by Crippen LogP contribution is 2.36. The average Bonchev–Trinajstić information content (AvgIpc) is 3.27. The number of nitrogens with one attached hydrogen (secondary N) is 1. The van der Waals surface area contributed by atoms with Crippen LogP contribution in [0.15, 0.2) is 73.1 Å². The Morgan fingerprint density at radius 2 is 1.70 bits per heavy atom. The van der Waals surface area contributed by atoms with Crippen LogP contribution < -0.4 is 5.32 Å². The molecule has 5 heteroatoms. The second-order valence-electron chi connectivity index (χ2n) is 8.02. The molecule has 1 fully saturated rings. The van der Waals surface area contributed by atoms with Gasteiger partial charge in [0, 0.05) is 25.5 Å². The molecule has 1 amide bonds. The summed E-state index contributed by atoms with van der Waals surface area (Å²) < 4.78 is 2.07. The molecule has 0 radical (unpaired) electrons. The van der Waals surface area contributed by atoms with Gasteiger partial charge in [-0.1, -0.05) is 60.7 Å². The van der Waals surface area contributed by atoms with Crippen LogP contribution in [0.25, 0.3) is 0 Å². The van der Waals surface area contributed by atoms with Crippen molar-refractivity contribution >= 4 is 5.91 Å². The summed E-state index contributed by atoms with van der Waals surface area (Å²) in [4.78, 5) is 20.4. The lowest BCUT2D eigenvalue weighted by Crippen LogP contribution is -2.51. The van der Waals surface area contributed by atoms with Crippen LogP contribution in [0.5, 0.6) is 0 Å². The molecule has 30 heavy (non-hydrogen) atoms. The first kappa shape index (κ1) is 20.4. The molecule has 1 N–H and O–H groups in total. The summed E-state index contributed by atoms with van der Waals surface area (Å²) in [6, 6.07) is 20.8. The molecule has 1 saturated heterocycles. The molecule has 0 atom stereocenters. The number of likely N-dealkylation sites (tertiary alicyclic amines) is 1. The quantitative estimate of drug-likeness (QED) is 0.655. The van der Waals surface area contributed by atoms with Crippen molar-refractivity contribution in [3.8, 4) is 0 Å². The van der Waals surface area contributed by atoms with Crippen molar-refractivity contribution in [2.45, 2.75) is 44.8 Å². The molecule has 0 saturated carbocycles. The third kappa shape index (κ3) is 4.31. The van der Waals surface area contributed by atoms with Gasteiger partial charge in [0.25, 0.3) is 0 Å². The Hall–Kier alpha value is -2.92. The highest BCUT2D eigenvalue weighted by Gasteiger charge is 2.42. The Labute approximate surface area is 178 Å². The third-order valence-electron chi connectivity index (χ3n) is 6.27. The van der Waals surface area contributed by atoms with Gasteiger partial charge >= 0.3 is 0 Å². The minimum absolute atomic E-state index is 0.110. The van der Waals surface area contributed by atoms with Gasteiger partial charge in [-0.15, -0.1) is 0 Å². The first-order chi connectivity index (χ1) is 14.7. The van der Waals surface area contributed by atoms with E-state index in [1.54, 1.807) is 6.20 Å². The largest absolute Gasteiger partial charge is 0.348 e. The number of imidazole rings is 1. The first-order valence-electron chi connectivity index (χ1n) is 10.8. The Kier molecular flexibility index (Phi) is 6.29. The van der Waals surface area contributed by atoms with Gasteiger partial charge in [-0.25, -0.2) is 4.98 Å².